The summed E-state index contributed by atoms with van der Waals surface area (Å²) in [6, 6.07) is 12.2. The van der Waals surface area contributed by atoms with Crippen LogP contribution in [0.1, 0.15) is 76.8 Å². The molecule has 0 spiro atoms. The topological polar surface area (TPSA) is 37.8 Å². The Hall–Kier alpha value is -1.90. The van der Waals surface area contributed by atoms with E-state index < -0.39 is 0 Å². The third-order valence-corrected chi connectivity index (χ3v) is 4.72. The Morgan fingerprint density at radius 1 is 0.769 bits per heavy atom. The first-order valence-corrected chi connectivity index (χ1v) is 10.4. The van der Waals surface area contributed by atoms with Crippen LogP contribution in [0, 0.1) is 6.92 Å². The molecule has 0 aliphatic heterocycles. The fraction of sp³-hybridized carbons (Fsp3) is 0.565. The number of anilines is 1. The highest BCUT2D eigenvalue weighted by molar-refractivity contribution is 5.57. The van der Waals surface area contributed by atoms with Crippen molar-refractivity contribution in [1.29, 1.82) is 0 Å². The molecule has 2 rings (SSSR count). The van der Waals surface area contributed by atoms with Crippen molar-refractivity contribution in [2.24, 2.45) is 0 Å². The van der Waals surface area contributed by atoms with E-state index in [1.807, 2.05) is 31.2 Å². The van der Waals surface area contributed by atoms with Gasteiger partial charge in [0.05, 0.1) is 0 Å². The van der Waals surface area contributed by atoms with E-state index in [9.17, 15) is 0 Å². The summed E-state index contributed by atoms with van der Waals surface area (Å²) in [6.45, 7) is 5.29. The van der Waals surface area contributed by atoms with Crippen molar-refractivity contribution in [3.63, 3.8) is 0 Å². The summed E-state index contributed by atoms with van der Waals surface area (Å²) >= 11 is 0. The smallest absolute Gasteiger partial charge is 0.161 e. The lowest BCUT2D eigenvalue weighted by Gasteiger charge is -2.09. The summed E-state index contributed by atoms with van der Waals surface area (Å²) in [7, 11) is 0. The van der Waals surface area contributed by atoms with Crippen LogP contribution in [0.25, 0.3) is 11.4 Å². The number of hydrogen-bond acceptors (Lipinski definition) is 3. The maximum absolute atomic E-state index is 4.66. The summed E-state index contributed by atoms with van der Waals surface area (Å²) in [5, 5.41) is 3.47. The highest BCUT2D eigenvalue weighted by Crippen LogP contribution is 2.17. The van der Waals surface area contributed by atoms with E-state index in [0.717, 1.165) is 29.4 Å². The van der Waals surface area contributed by atoms with Gasteiger partial charge in [0, 0.05) is 23.9 Å². The van der Waals surface area contributed by atoms with Crippen molar-refractivity contribution in [3.05, 3.63) is 42.1 Å². The highest BCUT2D eigenvalue weighted by Gasteiger charge is 2.04. The normalized spacial score (nSPS) is 10.8. The van der Waals surface area contributed by atoms with Crippen LogP contribution >= 0.6 is 0 Å². The first kappa shape index (κ1) is 20.4. The number of benzene rings is 1. The molecule has 1 N–H and O–H groups in total. The second-order valence-corrected chi connectivity index (χ2v) is 7.19. The summed E-state index contributed by atoms with van der Waals surface area (Å²) in [6.07, 6.45) is 13.7. The molecule has 0 bridgehead atoms. The molecule has 0 amide bonds. The van der Waals surface area contributed by atoms with Crippen LogP contribution in [-0.4, -0.2) is 16.5 Å². The lowest BCUT2D eigenvalue weighted by molar-refractivity contribution is 0.560. The molecular formula is C23H35N3. The molecule has 0 atom stereocenters. The van der Waals surface area contributed by atoms with E-state index in [4.69, 9.17) is 0 Å². The molecule has 0 saturated carbocycles. The van der Waals surface area contributed by atoms with Crippen LogP contribution < -0.4 is 5.32 Å². The molecule has 0 aliphatic rings. The van der Waals surface area contributed by atoms with Crippen LogP contribution in [0.4, 0.5) is 5.82 Å². The zero-order valence-electron chi connectivity index (χ0n) is 16.6. The fourth-order valence-corrected chi connectivity index (χ4v) is 3.20. The highest BCUT2D eigenvalue weighted by atomic mass is 15.0. The number of aryl methyl sites for hydroxylation is 1. The molecule has 1 aromatic carbocycles. The van der Waals surface area contributed by atoms with Crippen LogP contribution in [-0.2, 0) is 0 Å². The van der Waals surface area contributed by atoms with Crippen LogP contribution in [0.2, 0.25) is 0 Å². The molecule has 3 nitrogen and oxygen atoms in total. The van der Waals surface area contributed by atoms with Gasteiger partial charge < -0.3 is 5.32 Å². The number of nitrogens with one attached hydrogen (secondary N) is 1. The van der Waals surface area contributed by atoms with Gasteiger partial charge in [0.15, 0.2) is 5.82 Å². The van der Waals surface area contributed by atoms with Crippen molar-refractivity contribution in [3.8, 4) is 11.4 Å². The van der Waals surface area contributed by atoms with Crippen LogP contribution in [0.5, 0.6) is 0 Å². The molecule has 142 valence electrons. The van der Waals surface area contributed by atoms with E-state index >= 15 is 0 Å². The molecule has 0 aliphatic carbocycles. The van der Waals surface area contributed by atoms with Crippen LogP contribution in [0.3, 0.4) is 0 Å². The number of hydrogen-bond donors (Lipinski definition) is 1. The monoisotopic (exact) mass is 353 g/mol. The Morgan fingerprint density at radius 3 is 2.04 bits per heavy atom. The van der Waals surface area contributed by atoms with Crippen molar-refractivity contribution >= 4 is 5.82 Å². The molecule has 0 fully saturated rings. The first-order valence-electron chi connectivity index (χ1n) is 10.4. The van der Waals surface area contributed by atoms with E-state index in [1.165, 1.54) is 64.2 Å². The lowest BCUT2D eigenvalue weighted by Crippen LogP contribution is -2.05. The van der Waals surface area contributed by atoms with E-state index in [-0.39, 0.29) is 0 Å². The Labute approximate surface area is 159 Å². The summed E-state index contributed by atoms with van der Waals surface area (Å²) < 4.78 is 0. The first-order chi connectivity index (χ1) is 12.8. The predicted molar refractivity (Wildman–Crippen MR) is 113 cm³/mol. The number of rotatable bonds is 13. The van der Waals surface area contributed by atoms with Gasteiger partial charge in [0.25, 0.3) is 0 Å². The van der Waals surface area contributed by atoms with Gasteiger partial charge in [-0.15, -0.1) is 0 Å². The number of unbranched alkanes of at least 4 members (excludes halogenated alkanes) is 9. The molecule has 1 aromatic heterocycles. The molecule has 3 heteroatoms. The van der Waals surface area contributed by atoms with Gasteiger partial charge in [-0.25, -0.2) is 9.97 Å². The summed E-state index contributed by atoms with van der Waals surface area (Å²) in [4.78, 5) is 9.22. The standard InChI is InChI=1S/C23H35N3/c1-3-4-5-6-7-8-9-10-11-15-18-24-22-19-20(2)25-23(26-22)21-16-13-12-14-17-21/h12-14,16-17,19H,3-11,15,18H2,1-2H3,(H,24,25,26). The molecule has 0 unspecified atom stereocenters. The minimum atomic E-state index is 0.802. The van der Waals surface area contributed by atoms with Crippen molar-refractivity contribution < 1.29 is 0 Å². The zero-order chi connectivity index (χ0) is 18.5. The van der Waals surface area contributed by atoms with Gasteiger partial charge in [0.2, 0.25) is 0 Å². The van der Waals surface area contributed by atoms with Gasteiger partial charge in [-0.3, -0.25) is 0 Å². The fourth-order valence-electron chi connectivity index (χ4n) is 3.20. The van der Waals surface area contributed by atoms with Crippen molar-refractivity contribution in [2.45, 2.75) is 78.1 Å². The maximum atomic E-state index is 4.66. The SMILES string of the molecule is CCCCCCCCCCCCNc1cc(C)nc(-c2ccccc2)n1. The quantitative estimate of drug-likeness (QED) is 0.403. The summed E-state index contributed by atoms with van der Waals surface area (Å²) in [5.74, 6) is 1.74. The lowest BCUT2D eigenvalue weighted by atomic mass is 10.1. The zero-order valence-corrected chi connectivity index (χ0v) is 16.6. The van der Waals surface area contributed by atoms with Crippen molar-refractivity contribution in [2.75, 3.05) is 11.9 Å². The molecule has 0 radical (unpaired) electrons. The molecule has 26 heavy (non-hydrogen) atoms. The second-order valence-electron chi connectivity index (χ2n) is 7.19. The average Bonchev–Trinajstić information content (AvgIpc) is 2.66. The Balaban J connectivity index is 1.62. The van der Waals surface area contributed by atoms with Gasteiger partial charge in [-0.1, -0.05) is 95.0 Å². The van der Waals surface area contributed by atoms with Gasteiger partial charge in [-0.2, -0.15) is 0 Å². The third-order valence-electron chi connectivity index (χ3n) is 4.72. The number of nitrogens with zero attached hydrogens (tertiary/aromatic N) is 2. The van der Waals surface area contributed by atoms with Gasteiger partial charge >= 0.3 is 0 Å². The summed E-state index contributed by atoms with van der Waals surface area (Å²) in [5.41, 5.74) is 2.07. The Bertz CT molecular complexity index is 610. The second kappa shape index (κ2) is 12.5. The molecular weight excluding hydrogens is 318 g/mol. The van der Waals surface area contributed by atoms with Crippen molar-refractivity contribution in [1.82, 2.24) is 9.97 Å². The largest absolute Gasteiger partial charge is 0.370 e. The van der Waals surface area contributed by atoms with Gasteiger partial charge in [-0.05, 0) is 13.3 Å². The molecule has 0 saturated heterocycles. The maximum Gasteiger partial charge on any atom is 0.161 e. The number of aromatic nitrogens is 2. The Kier molecular flexibility index (Phi) is 9.78. The van der Waals surface area contributed by atoms with Crippen LogP contribution in [0.15, 0.2) is 36.4 Å². The molecule has 1 heterocycles. The average molecular weight is 354 g/mol. The van der Waals surface area contributed by atoms with E-state index in [1.54, 1.807) is 0 Å². The third kappa shape index (κ3) is 7.99. The molecule has 2 aromatic rings. The van der Waals surface area contributed by atoms with Gasteiger partial charge in [0.1, 0.15) is 5.82 Å². The minimum absolute atomic E-state index is 0.802. The van der Waals surface area contributed by atoms with E-state index in [0.29, 0.717) is 0 Å². The predicted octanol–water partition coefficient (Wildman–Crippen LogP) is 6.78. The van der Waals surface area contributed by atoms with E-state index in [2.05, 4.69) is 34.3 Å². The minimum Gasteiger partial charge on any atom is -0.370 e. The Morgan fingerprint density at radius 2 is 1.38 bits per heavy atom.